The molecule has 0 unspecified atom stereocenters. The molecule has 3 amide bonds. The molecule has 122 valence electrons. The first kappa shape index (κ1) is 19.3. The number of likely N-dealkylation sites (N-methyl/N-ethyl adjacent to an activating group) is 1. The van der Waals surface area contributed by atoms with Crippen molar-refractivity contribution < 1.29 is 24.7 Å². The third-order valence-corrected chi connectivity index (χ3v) is 3.04. The lowest BCUT2D eigenvalue weighted by atomic mass is 10.0. The zero-order valence-corrected chi connectivity index (χ0v) is 12.8. The number of hydroxylamine groups is 2. The second-order valence-corrected chi connectivity index (χ2v) is 5.04. The van der Waals surface area contributed by atoms with E-state index in [2.05, 4.69) is 5.32 Å². The molecule has 8 nitrogen and oxygen atoms in total. The van der Waals surface area contributed by atoms with E-state index in [9.17, 15) is 24.7 Å². The van der Waals surface area contributed by atoms with E-state index in [-0.39, 0.29) is 13.0 Å². The molecule has 0 heterocycles. The van der Waals surface area contributed by atoms with Crippen molar-refractivity contribution in [1.82, 2.24) is 15.3 Å². The smallest absolute Gasteiger partial charge is 0.247 e. The van der Waals surface area contributed by atoms with Gasteiger partial charge in [-0.05, 0) is 6.42 Å². The molecule has 0 bridgehead atoms. The maximum Gasteiger partial charge on any atom is 0.247 e. The van der Waals surface area contributed by atoms with Crippen LogP contribution in [-0.4, -0.2) is 71.8 Å². The molecular formula is C13H25N3O5. The predicted octanol–water partition coefficient (Wildman–Crippen LogP) is -0.794. The molecule has 0 aliphatic carbocycles. The Hall–Kier alpha value is -1.67. The Bertz CT molecular complexity index is 349. The Kier molecular flexibility index (Phi) is 9.31. The van der Waals surface area contributed by atoms with Crippen LogP contribution in [0.5, 0.6) is 0 Å². The first-order valence-corrected chi connectivity index (χ1v) is 6.90. The molecule has 0 rings (SSSR count). The van der Waals surface area contributed by atoms with Gasteiger partial charge in [0.1, 0.15) is 6.04 Å². The number of carbonyl (C=O) groups is 3. The molecule has 0 aromatic carbocycles. The van der Waals surface area contributed by atoms with Gasteiger partial charge in [-0.25, -0.2) is 5.06 Å². The quantitative estimate of drug-likeness (QED) is 0.278. The van der Waals surface area contributed by atoms with Gasteiger partial charge in [0.15, 0.2) is 0 Å². The number of unbranched alkanes of at least 4 members (excludes halogenated alkanes) is 1. The van der Waals surface area contributed by atoms with Crippen LogP contribution in [0.2, 0.25) is 0 Å². The van der Waals surface area contributed by atoms with Crippen LogP contribution in [0.25, 0.3) is 0 Å². The van der Waals surface area contributed by atoms with Crippen LogP contribution in [0.15, 0.2) is 0 Å². The number of nitrogens with one attached hydrogen (secondary N) is 1. The van der Waals surface area contributed by atoms with Crippen LogP contribution in [0.1, 0.15) is 26.2 Å². The zero-order chi connectivity index (χ0) is 16.4. The van der Waals surface area contributed by atoms with Crippen molar-refractivity contribution in [2.24, 2.45) is 5.92 Å². The maximum atomic E-state index is 12.2. The lowest BCUT2D eigenvalue weighted by molar-refractivity contribution is -0.155. The molecule has 8 heteroatoms. The summed E-state index contributed by atoms with van der Waals surface area (Å²) >= 11 is 0. The fraction of sp³-hybridized carbons (Fsp3) is 0.769. The summed E-state index contributed by atoms with van der Waals surface area (Å²) in [6, 6.07) is -1.03. The second-order valence-electron chi connectivity index (χ2n) is 5.04. The van der Waals surface area contributed by atoms with Gasteiger partial charge < -0.3 is 15.3 Å². The van der Waals surface area contributed by atoms with Crippen molar-refractivity contribution in [1.29, 1.82) is 0 Å². The highest BCUT2D eigenvalue weighted by molar-refractivity contribution is 5.88. The Labute approximate surface area is 124 Å². The summed E-state index contributed by atoms with van der Waals surface area (Å²) in [7, 11) is 3.04. The van der Waals surface area contributed by atoms with Gasteiger partial charge in [0, 0.05) is 14.1 Å². The van der Waals surface area contributed by atoms with Gasteiger partial charge in [0.25, 0.3) is 0 Å². The molecule has 0 saturated heterocycles. The van der Waals surface area contributed by atoms with Gasteiger partial charge in [-0.1, -0.05) is 19.8 Å². The van der Waals surface area contributed by atoms with Crippen LogP contribution in [0, 0.1) is 5.92 Å². The van der Waals surface area contributed by atoms with E-state index in [0.29, 0.717) is 11.5 Å². The largest absolute Gasteiger partial charge is 0.394 e. The van der Waals surface area contributed by atoms with Gasteiger partial charge >= 0.3 is 0 Å². The van der Waals surface area contributed by atoms with Crippen molar-refractivity contribution in [3.05, 3.63) is 0 Å². The van der Waals surface area contributed by atoms with Gasteiger partial charge in [-0.2, -0.15) is 0 Å². The van der Waals surface area contributed by atoms with Crippen LogP contribution in [0.3, 0.4) is 0 Å². The maximum absolute atomic E-state index is 12.2. The van der Waals surface area contributed by atoms with Gasteiger partial charge in [0.05, 0.1) is 19.1 Å². The van der Waals surface area contributed by atoms with E-state index >= 15 is 0 Å². The zero-order valence-electron chi connectivity index (χ0n) is 12.8. The molecule has 0 spiro atoms. The van der Waals surface area contributed by atoms with E-state index < -0.39 is 30.4 Å². The average Bonchev–Trinajstić information content (AvgIpc) is 2.47. The summed E-state index contributed by atoms with van der Waals surface area (Å²) in [5.41, 5.74) is 0. The van der Waals surface area contributed by atoms with E-state index in [1.165, 1.54) is 19.0 Å². The molecule has 0 saturated carbocycles. The van der Waals surface area contributed by atoms with Crippen molar-refractivity contribution in [2.45, 2.75) is 32.2 Å². The van der Waals surface area contributed by atoms with E-state index in [1.54, 1.807) is 0 Å². The Balaban J connectivity index is 4.76. The lowest BCUT2D eigenvalue weighted by Gasteiger charge is -2.24. The summed E-state index contributed by atoms with van der Waals surface area (Å²) in [6.07, 6.45) is 2.30. The number of rotatable bonds is 10. The van der Waals surface area contributed by atoms with Crippen molar-refractivity contribution in [3.63, 3.8) is 0 Å². The fourth-order valence-electron chi connectivity index (χ4n) is 1.81. The normalized spacial score (nSPS) is 13.2. The second kappa shape index (κ2) is 10.1. The minimum atomic E-state index is -1.03. The molecule has 0 aliphatic heterocycles. The van der Waals surface area contributed by atoms with E-state index in [4.69, 9.17) is 0 Å². The number of nitrogens with zero attached hydrogens (tertiary/aromatic N) is 2. The van der Waals surface area contributed by atoms with Gasteiger partial charge in [-0.15, -0.1) is 0 Å². The molecule has 3 N–H and O–H groups in total. The Morgan fingerprint density at radius 3 is 2.38 bits per heavy atom. The van der Waals surface area contributed by atoms with Crippen LogP contribution < -0.4 is 5.32 Å². The molecule has 0 fully saturated rings. The highest BCUT2D eigenvalue weighted by atomic mass is 16.5. The third kappa shape index (κ3) is 7.05. The summed E-state index contributed by atoms with van der Waals surface area (Å²) < 4.78 is 0. The average molecular weight is 303 g/mol. The molecular weight excluding hydrogens is 278 g/mol. The van der Waals surface area contributed by atoms with Crippen molar-refractivity contribution in [2.75, 3.05) is 27.2 Å². The number of amides is 3. The predicted molar refractivity (Wildman–Crippen MR) is 75.3 cm³/mol. The lowest BCUT2D eigenvalue weighted by Crippen LogP contribution is -2.51. The standard InChI is InChI=1S/C13H25N3O5/c1-4-5-6-10(7-16(21)9-18)12(19)14-11(8-17)13(20)15(2)3/h9-11,17,21H,4-8H2,1-3H3,(H,14,19)/t10-,11+/m1/s1. The summed E-state index contributed by atoms with van der Waals surface area (Å²) in [4.78, 5) is 35.6. The SMILES string of the molecule is CCCC[C@H](CN(O)C=O)C(=O)N[C@@H](CO)C(=O)N(C)C. The number of aliphatic hydroxyl groups is 1. The number of aliphatic hydroxyl groups excluding tert-OH is 1. The number of hydrogen-bond acceptors (Lipinski definition) is 5. The molecule has 0 radical (unpaired) electrons. The number of hydrogen-bond donors (Lipinski definition) is 3. The summed E-state index contributed by atoms with van der Waals surface area (Å²) in [5, 5.41) is 21.3. The highest BCUT2D eigenvalue weighted by Gasteiger charge is 2.26. The van der Waals surface area contributed by atoms with Gasteiger partial charge in [0.2, 0.25) is 18.2 Å². The summed E-state index contributed by atoms with van der Waals surface area (Å²) in [5.74, 6) is -1.53. The Morgan fingerprint density at radius 1 is 1.33 bits per heavy atom. The fourth-order valence-corrected chi connectivity index (χ4v) is 1.81. The molecule has 0 aliphatic rings. The monoisotopic (exact) mass is 303 g/mol. The van der Waals surface area contributed by atoms with Crippen LogP contribution in [0.4, 0.5) is 0 Å². The van der Waals surface area contributed by atoms with E-state index in [0.717, 1.165) is 12.8 Å². The minimum absolute atomic E-state index is 0.149. The first-order chi connectivity index (χ1) is 9.87. The summed E-state index contributed by atoms with van der Waals surface area (Å²) in [6.45, 7) is 1.29. The minimum Gasteiger partial charge on any atom is -0.394 e. The molecule has 2 atom stereocenters. The van der Waals surface area contributed by atoms with Crippen LogP contribution >= 0.6 is 0 Å². The molecule has 21 heavy (non-hydrogen) atoms. The van der Waals surface area contributed by atoms with Gasteiger partial charge in [-0.3, -0.25) is 19.6 Å². The first-order valence-electron chi connectivity index (χ1n) is 6.90. The number of carbonyl (C=O) groups excluding carboxylic acids is 3. The highest BCUT2D eigenvalue weighted by Crippen LogP contribution is 2.10. The third-order valence-electron chi connectivity index (χ3n) is 3.04. The Morgan fingerprint density at radius 2 is 1.95 bits per heavy atom. The van der Waals surface area contributed by atoms with Crippen molar-refractivity contribution in [3.8, 4) is 0 Å². The molecule has 0 aromatic heterocycles. The van der Waals surface area contributed by atoms with Crippen molar-refractivity contribution >= 4 is 18.2 Å². The molecule has 0 aromatic rings. The van der Waals surface area contributed by atoms with E-state index in [1.807, 2.05) is 6.92 Å². The topological polar surface area (TPSA) is 110 Å². The van der Waals surface area contributed by atoms with Crippen LogP contribution in [-0.2, 0) is 14.4 Å².